The van der Waals surface area contributed by atoms with E-state index in [1.54, 1.807) is 11.8 Å². The Hall–Kier alpha value is -0.770. The highest BCUT2D eigenvalue weighted by Crippen LogP contribution is 2.29. The Morgan fingerprint density at radius 2 is 2.17 bits per heavy atom. The monoisotopic (exact) mass is 272 g/mol. The second-order valence-corrected chi connectivity index (χ2v) is 5.48. The van der Waals surface area contributed by atoms with Gasteiger partial charge in [0.25, 0.3) is 0 Å². The van der Waals surface area contributed by atoms with Crippen LogP contribution in [-0.4, -0.2) is 48.9 Å². The second kappa shape index (κ2) is 8.35. The van der Waals surface area contributed by atoms with E-state index in [0.717, 1.165) is 17.9 Å². The largest absolute Gasteiger partial charge is 0.396 e. The van der Waals surface area contributed by atoms with Gasteiger partial charge < -0.3 is 15.2 Å². The predicted octanol–water partition coefficient (Wildman–Crippen LogP) is 0.539. The van der Waals surface area contributed by atoms with Crippen molar-refractivity contribution >= 4 is 17.7 Å². The molecule has 1 aliphatic heterocycles. The molecule has 1 fully saturated rings. The topological polar surface area (TPSA) is 82.4 Å². The molecule has 1 amide bonds. The van der Waals surface area contributed by atoms with Crippen LogP contribution in [0.15, 0.2) is 0 Å². The van der Waals surface area contributed by atoms with E-state index in [2.05, 4.69) is 11.4 Å². The van der Waals surface area contributed by atoms with Crippen LogP contribution in [0.2, 0.25) is 0 Å². The molecular weight excluding hydrogens is 252 g/mol. The lowest BCUT2D eigenvalue weighted by Crippen LogP contribution is -2.44. The number of rotatable bonds is 7. The average Bonchev–Trinajstić information content (AvgIpc) is 2.43. The molecule has 0 aromatic heterocycles. The van der Waals surface area contributed by atoms with E-state index in [0.29, 0.717) is 32.6 Å². The van der Waals surface area contributed by atoms with Crippen LogP contribution in [-0.2, 0) is 9.53 Å². The Morgan fingerprint density at radius 1 is 1.44 bits per heavy atom. The Bertz CT molecular complexity index is 298. The van der Waals surface area contributed by atoms with Crippen LogP contribution in [0, 0.1) is 16.7 Å². The molecule has 1 aliphatic rings. The van der Waals surface area contributed by atoms with E-state index in [9.17, 15) is 10.1 Å². The minimum Gasteiger partial charge on any atom is -0.396 e. The lowest BCUT2D eigenvalue weighted by atomic mass is 9.81. The molecule has 0 bridgehead atoms. The van der Waals surface area contributed by atoms with E-state index in [4.69, 9.17) is 9.84 Å². The summed E-state index contributed by atoms with van der Waals surface area (Å²) >= 11 is 1.69. The van der Waals surface area contributed by atoms with Gasteiger partial charge in [-0.25, -0.2) is 0 Å². The third kappa shape index (κ3) is 4.48. The number of carbonyl (C=O) groups is 1. The summed E-state index contributed by atoms with van der Waals surface area (Å²) in [6, 6.07) is 2.15. The fourth-order valence-corrected chi connectivity index (χ4v) is 2.57. The zero-order valence-electron chi connectivity index (χ0n) is 10.5. The Balaban J connectivity index is 2.24. The van der Waals surface area contributed by atoms with Gasteiger partial charge in [0.05, 0.1) is 6.07 Å². The van der Waals surface area contributed by atoms with Crippen molar-refractivity contribution in [1.82, 2.24) is 5.32 Å². The highest BCUT2D eigenvalue weighted by molar-refractivity contribution is 7.99. The number of nitrogens with zero attached hydrogens (tertiary/aromatic N) is 1. The van der Waals surface area contributed by atoms with Crippen molar-refractivity contribution in [3.05, 3.63) is 0 Å². The number of amides is 1. The fourth-order valence-electron chi connectivity index (χ4n) is 1.78. The second-order valence-electron chi connectivity index (χ2n) is 4.25. The fraction of sp³-hybridized carbons (Fsp3) is 0.833. The summed E-state index contributed by atoms with van der Waals surface area (Å²) in [6.07, 6.45) is 1.73. The quantitative estimate of drug-likeness (QED) is 0.661. The summed E-state index contributed by atoms with van der Waals surface area (Å²) in [4.78, 5) is 12.0. The molecule has 1 rings (SSSR count). The Morgan fingerprint density at radius 3 is 2.78 bits per heavy atom. The van der Waals surface area contributed by atoms with Crippen LogP contribution < -0.4 is 5.32 Å². The van der Waals surface area contributed by atoms with Gasteiger partial charge in [0.1, 0.15) is 5.41 Å². The molecule has 5 nitrogen and oxygen atoms in total. The lowest BCUT2D eigenvalue weighted by molar-refractivity contribution is -0.132. The number of nitriles is 1. The van der Waals surface area contributed by atoms with Crippen LogP contribution in [0.4, 0.5) is 0 Å². The van der Waals surface area contributed by atoms with Crippen molar-refractivity contribution in [2.24, 2.45) is 5.41 Å². The van der Waals surface area contributed by atoms with Gasteiger partial charge in [-0.15, -0.1) is 0 Å². The number of ether oxygens (including phenoxy) is 1. The lowest BCUT2D eigenvalue weighted by Gasteiger charge is -2.29. The molecular formula is C12H20N2O3S. The van der Waals surface area contributed by atoms with Crippen molar-refractivity contribution in [3.8, 4) is 6.07 Å². The Labute approximate surface area is 112 Å². The number of thioether (sulfide) groups is 1. The molecule has 0 aromatic carbocycles. The van der Waals surface area contributed by atoms with Gasteiger partial charge in [0.15, 0.2) is 0 Å². The van der Waals surface area contributed by atoms with Gasteiger partial charge >= 0.3 is 0 Å². The number of aliphatic hydroxyl groups is 1. The van der Waals surface area contributed by atoms with Gasteiger partial charge in [-0.1, -0.05) is 0 Å². The first-order valence-electron chi connectivity index (χ1n) is 6.21. The van der Waals surface area contributed by atoms with Crippen LogP contribution in [0.25, 0.3) is 0 Å². The van der Waals surface area contributed by atoms with E-state index in [-0.39, 0.29) is 12.5 Å². The summed E-state index contributed by atoms with van der Waals surface area (Å²) in [5, 5.41) is 20.6. The molecule has 0 atom stereocenters. The molecule has 1 heterocycles. The maximum atomic E-state index is 12.0. The van der Waals surface area contributed by atoms with E-state index in [1.807, 2.05) is 0 Å². The van der Waals surface area contributed by atoms with Crippen LogP contribution in [0.5, 0.6) is 0 Å². The van der Waals surface area contributed by atoms with Crippen molar-refractivity contribution in [2.75, 3.05) is 37.9 Å². The molecule has 102 valence electrons. The zero-order chi connectivity index (χ0) is 13.3. The molecule has 0 unspecified atom stereocenters. The van der Waals surface area contributed by atoms with Crippen LogP contribution in [0.3, 0.4) is 0 Å². The molecule has 0 aromatic rings. The summed E-state index contributed by atoms with van der Waals surface area (Å²) in [5.74, 6) is 1.53. The third-order valence-electron chi connectivity index (χ3n) is 2.97. The molecule has 18 heavy (non-hydrogen) atoms. The van der Waals surface area contributed by atoms with E-state index >= 15 is 0 Å². The van der Waals surface area contributed by atoms with Crippen molar-refractivity contribution in [2.45, 2.75) is 19.3 Å². The standard InChI is InChI=1S/C12H20N2O3S/c13-10-12(2-6-17-7-3-12)11(16)14-4-9-18-8-1-5-15/h15H,1-9H2,(H,14,16). The number of carbonyl (C=O) groups excluding carboxylic acids is 1. The smallest absolute Gasteiger partial charge is 0.240 e. The SMILES string of the molecule is N#CC1(C(=O)NCCSCCCO)CCOCC1. The third-order valence-corrected chi connectivity index (χ3v) is 4.04. The molecule has 6 heteroatoms. The molecule has 0 aliphatic carbocycles. The normalized spacial score (nSPS) is 18.0. The molecule has 0 spiro atoms. The first kappa shape index (κ1) is 15.3. The first-order chi connectivity index (χ1) is 8.75. The number of nitrogens with one attached hydrogen (secondary N) is 1. The molecule has 2 N–H and O–H groups in total. The van der Waals surface area contributed by atoms with Gasteiger partial charge in [0, 0.05) is 32.1 Å². The van der Waals surface area contributed by atoms with E-state index in [1.165, 1.54) is 0 Å². The molecule has 0 radical (unpaired) electrons. The van der Waals surface area contributed by atoms with E-state index < -0.39 is 5.41 Å². The summed E-state index contributed by atoms with van der Waals surface area (Å²) in [7, 11) is 0. The van der Waals surface area contributed by atoms with Crippen molar-refractivity contribution < 1.29 is 14.6 Å². The Kier molecular flexibility index (Phi) is 7.09. The molecule has 0 saturated carbocycles. The predicted molar refractivity (Wildman–Crippen MR) is 70.1 cm³/mol. The summed E-state index contributed by atoms with van der Waals surface area (Å²) < 4.78 is 5.19. The van der Waals surface area contributed by atoms with Crippen LogP contribution >= 0.6 is 11.8 Å². The summed E-state index contributed by atoms with van der Waals surface area (Å²) in [6.45, 7) is 1.73. The molecule has 1 saturated heterocycles. The number of hydrogen-bond donors (Lipinski definition) is 2. The average molecular weight is 272 g/mol. The minimum absolute atomic E-state index is 0.170. The zero-order valence-corrected chi connectivity index (χ0v) is 11.3. The minimum atomic E-state index is -0.895. The maximum absolute atomic E-state index is 12.0. The first-order valence-corrected chi connectivity index (χ1v) is 7.36. The highest BCUT2D eigenvalue weighted by Gasteiger charge is 2.40. The van der Waals surface area contributed by atoms with Crippen molar-refractivity contribution in [3.63, 3.8) is 0 Å². The van der Waals surface area contributed by atoms with Gasteiger partial charge in [0.2, 0.25) is 5.91 Å². The van der Waals surface area contributed by atoms with Gasteiger partial charge in [-0.3, -0.25) is 4.79 Å². The number of hydrogen-bond acceptors (Lipinski definition) is 5. The number of aliphatic hydroxyl groups excluding tert-OH is 1. The highest BCUT2D eigenvalue weighted by atomic mass is 32.2. The van der Waals surface area contributed by atoms with Crippen LogP contribution in [0.1, 0.15) is 19.3 Å². The van der Waals surface area contributed by atoms with Gasteiger partial charge in [-0.2, -0.15) is 17.0 Å². The maximum Gasteiger partial charge on any atom is 0.240 e. The van der Waals surface area contributed by atoms with Gasteiger partial charge in [-0.05, 0) is 25.0 Å². The van der Waals surface area contributed by atoms with Crippen molar-refractivity contribution in [1.29, 1.82) is 5.26 Å². The summed E-state index contributed by atoms with van der Waals surface area (Å²) in [5.41, 5.74) is -0.895.